The van der Waals surface area contributed by atoms with Gasteiger partial charge in [-0.15, -0.1) is 0 Å². The number of hydrogen-bond acceptors (Lipinski definition) is 3. The molecule has 0 aliphatic heterocycles. The number of aromatic nitrogens is 2. The molecule has 0 fully saturated rings. The van der Waals surface area contributed by atoms with E-state index in [0.717, 1.165) is 26.8 Å². The fourth-order valence-corrected chi connectivity index (χ4v) is 2.76. The first-order valence-electron chi connectivity index (χ1n) is 7.60. The van der Waals surface area contributed by atoms with Crippen LogP contribution in [0.25, 0.3) is 22.7 Å². The molecule has 0 saturated heterocycles. The molecule has 0 spiro atoms. The maximum Gasteiger partial charge on any atom is 0.149 e. The summed E-state index contributed by atoms with van der Waals surface area (Å²) >= 11 is 3.47. The van der Waals surface area contributed by atoms with Crippen LogP contribution in [0.3, 0.4) is 0 Å². The molecule has 120 valence electrons. The topological polar surface area (TPSA) is 61.7 Å². The molecule has 5 heteroatoms. The minimum absolute atomic E-state index is 0.0510. The normalized spacial score (nSPS) is 11.7. The second-order valence-corrected chi connectivity index (χ2v) is 6.54. The number of imidazole rings is 1. The number of H-pyrrole nitrogens is 1. The van der Waals surface area contributed by atoms with Gasteiger partial charge in [0.15, 0.2) is 0 Å². The van der Waals surface area contributed by atoms with Crippen molar-refractivity contribution < 1.29 is 4.74 Å². The average molecular weight is 382 g/mol. The maximum atomic E-state index is 9.58. The molecule has 3 rings (SSSR count). The molecule has 0 radical (unpaired) electrons. The van der Waals surface area contributed by atoms with E-state index < -0.39 is 0 Å². The molecule has 0 unspecified atom stereocenters. The molecule has 2 aromatic carbocycles. The fourth-order valence-electron chi connectivity index (χ4n) is 2.38. The zero-order valence-electron chi connectivity index (χ0n) is 13.4. The number of nitrogens with zero attached hydrogens (tertiary/aromatic N) is 2. The Morgan fingerprint density at radius 3 is 2.79 bits per heavy atom. The number of para-hydroxylation sites is 2. The largest absolute Gasteiger partial charge is 0.490 e. The minimum atomic E-state index is 0.0510. The van der Waals surface area contributed by atoms with Crippen molar-refractivity contribution in [2.45, 2.75) is 20.0 Å². The van der Waals surface area contributed by atoms with Gasteiger partial charge in [0.05, 0.1) is 22.7 Å². The average Bonchev–Trinajstić information content (AvgIpc) is 2.98. The highest BCUT2D eigenvalue weighted by atomic mass is 79.9. The van der Waals surface area contributed by atoms with Crippen LogP contribution < -0.4 is 4.74 Å². The van der Waals surface area contributed by atoms with Crippen molar-refractivity contribution in [2.75, 3.05) is 0 Å². The van der Waals surface area contributed by atoms with Crippen molar-refractivity contribution >= 4 is 38.6 Å². The number of nitriles is 1. The van der Waals surface area contributed by atoms with Crippen LogP contribution in [0.1, 0.15) is 25.2 Å². The summed E-state index contributed by atoms with van der Waals surface area (Å²) in [6.07, 6.45) is 1.84. The third-order valence-electron chi connectivity index (χ3n) is 3.40. The van der Waals surface area contributed by atoms with Gasteiger partial charge in [0, 0.05) is 10.0 Å². The number of rotatable bonds is 4. The SMILES string of the molecule is CC(C)Oc1ccc(Br)cc1C=C(C#N)c1nc2ccccc2[nH]1. The van der Waals surface area contributed by atoms with Crippen LogP contribution in [0.5, 0.6) is 5.75 Å². The van der Waals surface area contributed by atoms with Crippen molar-refractivity contribution in [2.24, 2.45) is 0 Å². The lowest BCUT2D eigenvalue weighted by Crippen LogP contribution is -2.06. The van der Waals surface area contributed by atoms with E-state index in [2.05, 4.69) is 32.0 Å². The van der Waals surface area contributed by atoms with Crippen molar-refractivity contribution in [3.63, 3.8) is 0 Å². The number of ether oxygens (including phenoxy) is 1. The molecule has 0 bridgehead atoms. The summed E-state index contributed by atoms with van der Waals surface area (Å²) in [7, 11) is 0. The van der Waals surface area contributed by atoms with Gasteiger partial charge in [0.1, 0.15) is 17.6 Å². The highest BCUT2D eigenvalue weighted by molar-refractivity contribution is 9.10. The highest BCUT2D eigenvalue weighted by Gasteiger charge is 2.11. The molecule has 0 aliphatic carbocycles. The van der Waals surface area contributed by atoms with Crippen LogP contribution in [0.15, 0.2) is 46.9 Å². The number of halogens is 1. The van der Waals surface area contributed by atoms with E-state index in [0.29, 0.717) is 11.4 Å². The standard InChI is InChI=1S/C19H16BrN3O/c1-12(2)24-18-8-7-15(20)10-13(18)9-14(11-21)19-22-16-5-3-4-6-17(16)23-19/h3-10,12H,1-2H3,(H,22,23). The van der Waals surface area contributed by atoms with Gasteiger partial charge in [0.2, 0.25) is 0 Å². The number of aromatic amines is 1. The molecule has 0 atom stereocenters. The Morgan fingerprint density at radius 2 is 2.08 bits per heavy atom. The molecule has 3 aromatic rings. The number of hydrogen-bond donors (Lipinski definition) is 1. The number of nitrogens with one attached hydrogen (secondary N) is 1. The summed E-state index contributed by atoms with van der Waals surface area (Å²) in [5, 5.41) is 9.58. The van der Waals surface area contributed by atoms with Crippen LogP contribution >= 0.6 is 15.9 Å². The molecule has 0 saturated carbocycles. The highest BCUT2D eigenvalue weighted by Crippen LogP contribution is 2.28. The predicted molar refractivity (Wildman–Crippen MR) is 99.5 cm³/mol. The van der Waals surface area contributed by atoms with Gasteiger partial charge in [-0.2, -0.15) is 5.26 Å². The van der Waals surface area contributed by atoms with Gasteiger partial charge in [-0.05, 0) is 50.3 Å². The second-order valence-electron chi connectivity index (χ2n) is 5.62. The summed E-state index contributed by atoms with van der Waals surface area (Å²) in [5.41, 5.74) is 3.02. The van der Waals surface area contributed by atoms with E-state index in [4.69, 9.17) is 4.74 Å². The molecule has 1 N–H and O–H groups in total. The fraction of sp³-hybridized carbons (Fsp3) is 0.158. The Bertz CT molecular complexity index is 918. The van der Waals surface area contributed by atoms with Crippen molar-refractivity contribution in [1.82, 2.24) is 9.97 Å². The monoisotopic (exact) mass is 381 g/mol. The lowest BCUT2D eigenvalue weighted by atomic mass is 10.1. The van der Waals surface area contributed by atoms with Crippen molar-refractivity contribution in [1.29, 1.82) is 5.26 Å². The number of benzene rings is 2. The molecule has 24 heavy (non-hydrogen) atoms. The van der Waals surface area contributed by atoms with Crippen molar-refractivity contribution in [3.05, 3.63) is 58.3 Å². The van der Waals surface area contributed by atoms with Gasteiger partial charge in [-0.25, -0.2) is 4.98 Å². The molecule has 1 aromatic heterocycles. The van der Waals surface area contributed by atoms with E-state index in [-0.39, 0.29) is 6.10 Å². The Kier molecular flexibility index (Phi) is 4.68. The third-order valence-corrected chi connectivity index (χ3v) is 3.89. The quantitative estimate of drug-likeness (QED) is 0.633. The summed E-state index contributed by atoms with van der Waals surface area (Å²) in [6, 6.07) is 15.7. The molecular formula is C19H16BrN3O. The van der Waals surface area contributed by atoms with Gasteiger partial charge in [-0.1, -0.05) is 28.1 Å². The van der Waals surface area contributed by atoms with E-state index >= 15 is 0 Å². The van der Waals surface area contributed by atoms with E-state index in [1.54, 1.807) is 6.08 Å². The van der Waals surface area contributed by atoms with Crippen molar-refractivity contribution in [3.8, 4) is 11.8 Å². The zero-order chi connectivity index (χ0) is 17.1. The van der Waals surface area contributed by atoms with Crippen LogP contribution in [0.2, 0.25) is 0 Å². The van der Waals surface area contributed by atoms with Gasteiger partial charge in [-0.3, -0.25) is 0 Å². The molecule has 0 amide bonds. The summed E-state index contributed by atoms with van der Waals surface area (Å²) in [5.74, 6) is 1.28. The third kappa shape index (κ3) is 3.50. The lowest BCUT2D eigenvalue weighted by Gasteiger charge is -2.13. The Morgan fingerprint density at radius 1 is 1.29 bits per heavy atom. The predicted octanol–water partition coefficient (Wildman–Crippen LogP) is 5.18. The number of allylic oxidation sites excluding steroid dienone is 1. The first-order chi connectivity index (χ1) is 11.6. The molecule has 4 nitrogen and oxygen atoms in total. The molecule has 0 aliphatic rings. The minimum Gasteiger partial charge on any atom is -0.490 e. The maximum absolute atomic E-state index is 9.58. The van der Waals surface area contributed by atoms with E-state index in [1.807, 2.05) is 56.3 Å². The van der Waals surface area contributed by atoms with Gasteiger partial charge >= 0.3 is 0 Å². The second kappa shape index (κ2) is 6.90. The Labute approximate surface area is 148 Å². The first kappa shape index (κ1) is 16.3. The van der Waals surface area contributed by atoms with Gasteiger partial charge in [0.25, 0.3) is 0 Å². The van der Waals surface area contributed by atoms with E-state index in [1.165, 1.54) is 0 Å². The van der Waals surface area contributed by atoms with Crippen LogP contribution in [0, 0.1) is 11.3 Å². The molecule has 1 heterocycles. The Balaban J connectivity index is 2.07. The smallest absolute Gasteiger partial charge is 0.149 e. The summed E-state index contributed by atoms with van der Waals surface area (Å²) < 4.78 is 6.76. The van der Waals surface area contributed by atoms with Crippen LogP contribution in [0.4, 0.5) is 0 Å². The number of fused-ring (bicyclic) bond motifs is 1. The molecular weight excluding hydrogens is 366 g/mol. The van der Waals surface area contributed by atoms with Crippen LogP contribution in [-0.2, 0) is 0 Å². The van der Waals surface area contributed by atoms with Crippen LogP contribution in [-0.4, -0.2) is 16.1 Å². The first-order valence-corrected chi connectivity index (χ1v) is 8.39. The Hall–Kier alpha value is -2.58. The summed E-state index contributed by atoms with van der Waals surface area (Å²) in [4.78, 5) is 7.68. The van der Waals surface area contributed by atoms with E-state index in [9.17, 15) is 5.26 Å². The zero-order valence-corrected chi connectivity index (χ0v) is 15.0. The summed E-state index contributed by atoms with van der Waals surface area (Å²) in [6.45, 7) is 3.94. The lowest BCUT2D eigenvalue weighted by molar-refractivity contribution is 0.242. The van der Waals surface area contributed by atoms with Gasteiger partial charge < -0.3 is 9.72 Å².